The summed E-state index contributed by atoms with van der Waals surface area (Å²) in [5.41, 5.74) is 14.9. The van der Waals surface area contributed by atoms with Crippen LogP contribution in [0.15, 0.2) is 71.3 Å². The van der Waals surface area contributed by atoms with E-state index in [1.807, 2.05) is 0 Å². The van der Waals surface area contributed by atoms with Gasteiger partial charge in [-0.1, -0.05) is 140 Å². The highest BCUT2D eigenvalue weighted by Gasteiger charge is 2.44. The summed E-state index contributed by atoms with van der Waals surface area (Å²) in [6.45, 7) is 31.6. The maximum atomic E-state index is 2.67. The van der Waals surface area contributed by atoms with Crippen molar-refractivity contribution >= 4 is 46.8 Å². The second-order valence-corrected chi connectivity index (χ2v) is 27.9. The predicted octanol–water partition coefficient (Wildman–Crippen LogP) is 8.54. The molecule has 3 aromatic rings. The summed E-state index contributed by atoms with van der Waals surface area (Å²) in [6.07, 6.45) is 3.25. The molecule has 4 rings (SSSR count). The maximum absolute atomic E-state index is 2.67. The fraction of sp³-hybridized carbons (Fsp3) is 0.436. The first-order valence-electron chi connectivity index (χ1n) is 16.2. The summed E-state index contributed by atoms with van der Waals surface area (Å²) < 4.78 is 0. The van der Waals surface area contributed by atoms with E-state index in [1.54, 1.807) is 26.7 Å². The molecule has 1 unspecified atom stereocenters. The minimum atomic E-state index is -1.47. The normalized spacial score (nSPS) is 18.2. The third kappa shape index (κ3) is 6.64. The monoisotopic (exact) mass is 608 g/mol. The molecule has 0 aliphatic heterocycles. The number of aryl methyl sites for hydroxylation is 4. The number of hydrogen-bond acceptors (Lipinski definition) is 0. The first-order valence-corrected chi connectivity index (χ1v) is 24.6. The standard InChI is InChI=1S/C39H56Si3/c1-14-31-19-32(15-2)21-34(20-31)38-29(6)28(5)30(7)39(38,25-33-17-26(3)16-27(4)18-33)40-35-22-36(41(8,9)10)24-37(23-35)42(11,12)13/h16-24H,14-15,25,40H2,1-13H3. The van der Waals surface area contributed by atoms with Crippen LogP contribution >= 0.6 is 0 Å². The highest BCUT2D eigenvalue weighted by molar-refractivity contribution is 6.92. The SMILES string of the molecule is CCc1cc(CC)cc(C2=C(C)C(C)=C(C)C2(Cc2cc(C)cc(C)c2)[SiH2]c2cc([Si](C)(C)C)cc([Si](C)(C)C)c2)c1. The molecule has 1 atom stereocenters. The van der Waals surface area contributed by atoms with E-state index in [2.05, 4.69) is 142 Å². The van der Waals surface area contributed by atoms with Crippen molar-refractivity contribution < 1.29 is 0 Å². The van der Waals surface area contributed by atoms with E-state index >= 15 is 0 Å². The lowest BCUT2D eigenvalue weighted by molar-refractivity contribution is 0.795. The topological polar surface area (TPSA) is 0 Å². The van der Waals surface area contributed by atoms with E-state index < -0.39 is 25.7 Å². The summed E-state index contributed by atoms with van der Waals surface area (Å²) in [5, 5.41) is 5.01. The second-order valence-electron chi connectivity index (χ2n) is 15.3. The summed E-state index contributed by atoms with van der Waals surface area (Å²) >= 11 is 0. The van der Waals surface area contributed by atoms with Gasteiger partial charge in [-0.3, -0.25) is 0 Å². The summed E-state index contributed by atoms with van der Waals surface area (Å²) in [5.74, 6) is 0. The van der Waals surface area contributed by atoms with Crippen LogP contribution in [-0.2, 0) is 19.3 Å². The van der Waals surface area contributed by atoms with E-state index in [9.17, 15) is 0 Å². The lowest BCUT2D eigenvalue weighted by Gasteiger charge is -2.37. The number of benzene rings is 3. The molecule has 0 bridgehead atoms. The smallest absolute Gasteiger partial charge is 0.0658 e. The van der Waals surface area contributed by atoms with Crippen LogP contribution in [-0.4, -0.2) is 25.7 Å². The molecule has 0 radical (unpaired) electrons. The molecule has 0 saturated heterocycles. The highest BCUT2D eigenvalue weighted by atomic mass is 28.3. The van der Waals surface area contributed by atoms with Crippen LogP contribution in [0.3, 0.4) is 0 Å². The molecule has 224 valence electrons. The Morgan fingerprint density at radius 2 is 1.07 bits per heavy atom. The van der Waals surface area contributed by atoms with Gasteiger partial charge in [0.2, 0.25) is 0 Å². The quantitative estimate of drug-likeness (QED) is 0.214. The molecule has 0 amide bonds. The Kier molecular flexibility index (Phi) is 9.39. The van der Waals surface area contributed by atoms with Crippen molar-refractivity contribution in [2.45, 2.75) is 112 Å². The van der Waals surface area contributed by atoms with E-state index in [-0.39, 0.29) is 5.04 Å². The van der Waals surface area contributed by atoms with Gasteiger partial charge in [-0.25, -0.2) is 0 Å². The van der Waals surface area contributed by atoms with Gasteiger partial charge in [0.25, 0.3) is 0 Å². The van der Waals surface area contributed by atoms with E-state index in [0.29, 0.717) is 0 Å². The molecule has 1 aliphatic rings. The van der Waals surface area contributed by atoms with Gasteiger partial charge in [-0.15, -0.1) is 0 Å². The van der Waals surface area contributed by atoms with Crippen molar-refractivity contribution in [3.63, 3.8) is 0 Å². The maximum Gasteiger partial charge on any atom is 0.0775 e. The lowest BCUT2D eigenvalue weighted by Crippen LogP contribution is -2.49. The summed E-state index contributed by atoms with van der Waals surface area (Å²) in [7, 11) is -3.73. The first-order chi connectivity index (χ1) is 19.5. The molecule has 0 saturated carbocycles. The Morgan fingerprint density at radius 3 is 1.52 bits per heavy atom. The Morgan fingerprint density at radius 1 is 0.571 bits per heavy atom. The van der Waals surface area contributed by atoms with E-state index in [4.69, 9.17) is 0 Å². The van der Waals surface area contributed by atoms with Crippen LogP contribution in [0.1, 0.15) is 68.0 Å². The molecular formula is C39H56Si3. The largest absolute Gasteiger partial charge is 0.0775 e. The fourth-order valence-corrected chi connectivity index (χ4v) is 13.1. The third-order valence-corrected chi connectivity index (χ3v) is 16.5. The highest BCUT2D eigenvalue weighted by Crippen LogP contribution is 2.58. The fourth-order valence-electron chi connectivity index (χ4n) is 7.21. The third-order valence-electron chi connectivity index (χ3n) is 9.87. The average molecular weight is 609 g/mol. The van der Waals surface area contributed by atoms with Crippen LogP contribution in [0.2, 0.25) is 44.3 Å². The van der Waals surface area contributed by atoms with Gasteiger partial charge in [0, 0.05) is 5.04 Å². The summed E-state index contributed by atoms with van der Waals surface area (Å²) in [6, 6.07) is 22.7. The molecule has 0 heterocycles. The minimum absolute atomic E-state index is 0.0561. The Balaban J connectivity index is 2.04. The van der Waals surface area contributed by atoms with E-state index in [1.165, 1.54) is 44.5 Å². The van der Waals surface area contributed by atoms with Gasteiger partial charge < -0.3 is 0 Å². The van der Waals surface area contributed by atoms with Crippen LogP contribution in [0.25, 0.3) is 5.57 Å². The molecule has 0 fully saturated rings. The Hall–Kier alpha value is -2.21. The molecule has 0 N–H and O–H groups in total. The van der Waals surface area contributed by atoms with Crippen molar-refractivity contribution in [2.75, 3.05) is 0 Å². The minimum Gasteiger partial charge on any atom is -0.0658 e. The van der Waals surface area contributed by atoms with Crippen molar-refractivity contribution in [1.29, 1.82) is 0 Å². The molecule has 42 heavy (non-hydrogen) atoms. The number of hydrogen-bond donors (Lipinski definition) is 0. The molecule has 0 spiro atoms. The number of allylic oxidation sites excluding steroid dienone is 4. The van der Waals surface area contributed by atoms with Crippen LogP contribution in [0, 0.1) is 13.8 Å². The van der Waals surface area contributed by atoms with Crippen molar-refractivity contribution in [2.24, 2.45) is 0 Å². The van der Waals surface area contributed by atoms with Crippen LogP contribution in [0.5, 0.6) is 0 Å². The number of rotatable bonds is 9. The zero-order valence-electron chi connectivity index (χ0n) is 29.0. The van der Waals surface area contributed by atoms with Gasteiger partial charge in [0.15, 0.2) is 0 Å². The molecule has 1 aliphatic carbocycles. The molecular weight excluding hydrogens is 553 g/mol. The zero-order valence-corrected chi connectivity index (χ0v) is 32.4. The molecule has 3 heteroatoms. The Bertz CT molecular complexity index is 1480. The van der Waals surface area contributed by atoms with Gasteiger partial charge >= 0.3 is 0 Å². The molecule has 0 aromatic heterocycles. The molecule has 0 nitrogen and oxygen atoms in total. The average Bonchev–Trinajstić information content (AvgIpc) is 3.06. The van der Waals surface area contributed by atoms with E-state index in [0.717, 1.165) is 19.3 Å². The van der Waals surface area contributed by atoms with Gasteiger partial charge in [0.1, 0.15) is 0 Å². The van der Waals surface area contributed by atoms with Crippen molar-refractivity contribution in [3.8, 4) is 0 Å². The van der Waals surface area contributed by atoms with Gasteiger partial charge in [-0.2, -0.15) is 0 Å². The second kappa shape index (κ2) is 12.1. The molecule has 3 aromatic carbocycles. The van der Waals surface area contributed by atoms with Crippen molar-refractivity contribution in [3.05, 3.63) is 105 Å². The van der Waals surface area contributed by atoms with Gasteiger partial charge in [0.05, 0.1) is 25.7 Å². The first kappa shape index (κ1) is 32.7. The Labute approximate surface area is 262 Å². The zero-order chi connectivity index (χ0) is 31.2. The van der Waals surface area contributed by atoms with Crippen molar-refractivity contribution in [1.82, 2.24) is 0 Å². The van der Waals surface area contributed by atoms with Crippen LogP contribution in [0.4, 0.5) is 0 Å². The lowest BCUT2D eigenvalue weighted by atomic mass is 9.82. The van der Waals surface area contributed by atoms with Crippen LogP contribution < -0.4 is 15.6 Å². The predicted molar refractivity (Wildman–Crippen MR) is 199 cm³/mol. The van der Waals surface area contributed by atoms with Gasteiger partial charge in [-0.05, 0) is 92.9 Å². The summed E-state index contributed by atoms with van der Waals surface area (Å²) in [4.78, 5) is 0.